The topological polar surface area (TPSA) is 38.3 Å². The molecule has 0 amide bonds. The number of nitrogens with one attached hydrogen (secondary N) is 1. The fourth-order valence-corrected chi connectivity index (χ4v) is 1.22. The van der Waals surface area contributed by atoms with E-state index in [1.165, 1.54) is 0 Å². The minimum Gasteiger partial charge on any atom is -0.465 e. The van der Waals surface area contributed by atoms with Crippen molar-refractivity contribution in [3.8, 4) is 0 Å². The third-order valence-corrected chi connectivity index (χ3v) is 1.83. The molecular formula is C10H18F3NO2. The lowest BCUT2D eigenvalue weighted by Gasteiger charge is -2.19. The maximum atomic E-state index is 12.0. The molecule has 6 heteroatoms. The molecule has 0 rings (SSSR count). The van der Waals surface area contributed by atoms with Crippen LogP contribution in [-0.2, 0) is 9.53 Å². The summed E-state index contributed by atoms with van der Waals surface area (Å²) in [7, 11) is 0. The predicted molar refractivity (Wildman–Crippen MR) is 53.9 cm³/mol. The normalized spacial score (nSPS) is 13.9. The number of carbonyl (C=O) groups excluding carboxylic acids is 1. The summed E-state index contributed by atoms with van der Waals surface area (Å²) in [6.45, 7) is 4.28. The molecule has 3 nitrogen and oxygen atoms in total. The van der Waals surface area contributed by atoms with Crippen LogP contribution in [0.2, 0.25) is 0 Å². The first-order chi connectivity index (χ1) is 7.26. The van der Waals surface area contributed by atoms with Gasteiger partial charge < -0.3 is 4.74 Å². The van der Waals surface area contributed by atoms with Crippen LogP contribution in [0.15, 0.2) is 0 Å². The standard InChI is InChI=1S/C10H18F3NO2/c1-4-16-9(15)8(5-7(2)3)14-6-10(11,12)13/h7-8,14H,4-6H2,1-3H3/t8-/m0/s1. The van der Waals surface area contributed by atoms with Crippen LogP contribution >= 0.6 is 0 Å². The van der Waals surface area contributed by atoms with Crippen molar-refractivity contribution < 1.29 is 22.7 Å². The van der Waals surface area contributed by atoms with Crippen LogP contribution < -0.4 is 5.32 Å². The van der Waals surface area contributed by atoms with Gasteiger partial charge in [0.2, 0.25) is 0 Å². The zero-order chi connectivity index (χ0) is 12.8. The van der Waals surface area contributed by atoms with Gasteiger partial charge in [0.15, 0.2) is 0 Å². The Bertz CT molecular complexity index is 217. The second kappa shape index (κ2) is 6.73. The first-order valence-corrected chi connectivity index (χ1v) is 5.23. The highest BCUT2D eigenvalue weighted by Gasteiger charge is 2.30. The lowest BCUT2D eigenvalue weighted by Crippen LogP contribution is -2.43. The van der Waals surface area contributed by atoms with Crippen LogP contribution in [0.3, 0.4) is 0 Å². The summed E-state index contributed by atoms with van der Waals surface area (Å²) in [5, 5.41) is 2.18. The Kier molecular flexibility index (Phi) is 6.40. The van der Waals surface area contributed by atoms with Crippen LogP contribution in [0.4, 0.5) is 13.2 Å². The van der Waals surface area contributed by atoms with Gasteiger partial charge in [-0.1, -0.05) is 13.8 Å². The zero-order valence-corrected chi connectivity index (χ0v) is 9.73. The number of ether oxygens (including phenoxy) is 1. The molecule has 96 valence electrons. The van der Waals surface area contributed by atoms with Gasteiger partial charge >= 0.3 is 12.1 Å². The molecule has 0 radical (unpaired) electrons. The van der Waals surface area contributed by atoms with Gasteiger partial charge in [0.1, 0.15) is 6.04 Å². The van der Waals surface area contributed by atoms with Gasteiger partial charge in [0.25, 0.3) is 0 Å². The molecule has 0 saturated heterocycles. The van der Waals surface area contributed by atoms with Crippen LogP contribution in [0, 0.1) is 5.92 Å². The van der Waals surface area contributed by atoms with Gasteiger partial charge in [-0.2, -0.15) is 13.2 Å². The number of carbonyl (C=O) groups is 1. The Morgan fingerprint density at radius 3 is 2.31 bits per heavy atom. The zero-order valence-electron chi connectivity index (χ0n) is 9.73. The molecule has 0 bridgehead atoms. The molecule has 0 unspecified atom stereocenters. The van der Waals surface area contributed by atoms with Crippen molar-refractivity contribution in [3.63, 3.8) is 0 Å². The maximum absolute atomic E-state index is 12.0. The van der Waals surface area contributed by atoms with Crippen LogP contribution in [0.5, 0.6) is 0 Å². The number of rotatable bonds is 6. The van der Waals surface area contributed by atoms with E-state index in [1.807, 2.05) is 13.8 Å². The number of esters is 1. The minimum atomic E-state index is -4.32. The average Bonchev–Trinajstić information content (AvgIpc) is 2.10. The third kappa shape index (κ3) is 7.50. The van der Waals surface area contributed by atoms with Gasteiger partial charge in [0, 0.05) is 0 Å². The van der Waals surface area contributed by atoms with E-state index < -0.39 is 24.7 Å². The smallest absolute Gasteiger partial charge is 0.401 e. The third-order valence-electron chi connectivity index (χ3n) is 1.83. The van der Waals surface area contributed by atoms with Crippen molar-refractivity contribution >= 4 is 5.97 Å². The molecule has 1 N–H and O–H groups in total. The number of hydrogen-bond acceptors (Lipinski definition) is 3. The number of alkyl halides is 3. The Morgan fingerprint density at radius 1 is 1.38 bits per heavy atom. The summed E-state index contributed by atoms with van der Waals surface area (Å²) in [5.41, 5.74) is 0. The Hall–Kier alpha value is -0.780. The highest BCUT2D eigenvalue weighted by atomic mass is 19.4. The molecular weight excluding hydrogens is 223 g/mol. The van der Waals surface area contributed by atoms with Crippen molar-refractivity contribution in [3.05, 3.63) is 0 Å². The minimum absolute atomic E-state index is 0.120. The maximum Gasteiger partial charge on any atom is 0.401 e. The van der Waals surface area contributed by atoms with Crippen LogP contribution in [-0.4, -0.2) is 31.3 Å². The summed E-state index contributed by atoms with van der Waals surface area (Å²) in [4.78, 5) is 11.3. The van der Waals surface area contributed by atoms with Crippen LogP contribution in [0.1, 0.15) is 27.2 Å². The average molecular weight is 241 g/mol. The summed E-state index contributed by atoms with van der Waals surface area (Å²) < 4.78 is 40.7. The van der Waals surface area contributed by atoms with Crippen molar-refractivity contribution in [2.45, 2.75) is 39.4 Å². The second-order valence-corrected chi connectivity index (χ2v) is 3.93. The quantitative estimate of drug-likeness (QED) is 0.724. The van der Waals surface area contributed by atoms with Gasteiger partial charge in [0.05, 0.1) is 13.2 Å². The summed E-state index contributed by atoms with van der Waals surface area (Å²) in [6, 6.07) is -0.887. The molecule has 0 aromatic carbocycles. The van der Waals surface area contributed by atoms with E-state index in [1.54, 1.807) is 6.92 Å². The molecule has 0 aliphatic heterocycles. The van der Waals surface area contributed by atoms with Gasteiger partial charge in [-0.05, 0) is 19.3 Å². The molecule has 0 spiro atoms. The molecule has 0 heterocycles. The van der Waals surface area contributed by atoms with Gasteiger partial charge in [-0.15, -0.1) is 0 Å². The van der Waals surface area contributed by atoms with E-state index in [0.717, 1.165) is 0 Å². The van der Waals surface area contributed by atoms with E-state index >= 15 is 0 Å². The van der Waals surface area contributed by atoms with E-state index in [2.05, 4.69) is 5.32 Å². The number of halogens is 3. The highest BCUT2D eigenvalue weighted by molar-refractivity contribution is 5.75. The number of hydrogen-bond donors (Lipinski definition) is 1. The Balaban J connectivity index is 4.26. The molecule has 0 aromatic heterocycles. The molecule has 16 heavy (non-hydrogen) atoms. The lowest BCUT2D eigenvalue weighted by atomic mass is 10.0. The van der Waals surface area contributed by atoms with Crippen molar-refractivity contribution in [2.75, 3.05) is 13.2 Å². The molecule has 0 saturated carbocycles. The predicted octanol–water partition coefficient (Wildman–Crippen LogP) is 2.12. The molecule has 0 aliphatic rings. The lowest BCUT2D eigenvalue weighted by molar-refractivity contribution is -0.149. The summed E-state index contributed by atoms with van der Waals surface area (Å²) in [5.74, 6) is -0.504. The molecule has 1 atom stereocenters. The van der Waals surface area contributed by atoms with Crippen molar-refractivity contribution in [1.29, 1.82) is 0 Å². The van der Waals surface area contributed by atoms with E-state index in [9.17, 15) is 18.0 Å². The Labute approximate surface area is 93.3 Å². The van der Waals surface area contributed by atoms with Gasteiger partial charge in [-0.3, -0.25) is 10.1 Å². The van der Waals surface area contributed by atoms with Crippen molar-refractivity contribution in [1.82, 2.24) is 5.32 Å². The largest absolute Gasteiger partial charge is 0.465 e. The molecule has 0 aliphatic carbocycles. The summed E-state index contributed by atoms with van der Waals surface area (Å²) in [6.07, 6.45) is -3.99. The van der Waals surface area contributed by atoms with E-state index in [-0.39, 0.29) is 12.5 Å². The SMILES string of the molecule is CCOC(=O)[C@H](CC(C)C)NCC(F)(F)F. The van der Waals surface area contributed by atoms with Gasteiger partial charge in [-0.25, -0.2) is 0 Å². The monoisotopic (exact) mass is 241 g/mol. The molecule has 0 aromatic rings. The molecule has 0 fully saturated rings. The fraction of sp³-hybridized carbons (Fsp3) is 0.900. The summed E-state index contributed by atoms with van der Waals surface area (Å²) >= 11 is 0. The van der Waals surface area contributed by atoms with E-state index in [0.29, 0.717) is 6.42 Å². The fourth-order valence-electron chi connectivity index (χ4n) is 1.22. The van der Waals surface area contributed by atoms with E-state index in [4.69, 9.17) is 4.74 Å². The second-order valence-electron chi connectivity index (χ2n) is 3.93. The Morgan fingerprint density at radius 2 is 1.94 bits per heavy atom. The van der Waals surface area contributed by atoms with Crippen LogP contribution in [0.25, 0.3) is 0 Å². The highest BCUT2D eigenvalue weighted by Crippen LogP contribution is 2.14. The van der Waals surface area contributed by atoms with Crippen molar-refractivity contribution in [2.24, 2.45) is 5.92 Å². The first kappa shape index (κ1) is 15.2. The first-order valence-electron chi connectivity index (χ1n) is 5.23.